The Morgan fingerprint density at radius 3 is 2.60 bits per heavy atom. The lowest BCUT2D eigenvalue weighted by Crippen LogP contribution is -1.99. The minimum atomic E-state index is -0.850. The van der Waals surface area contributed by atoms with Crippen LogP contribution in [0.1, 0.15) is 16.7 Å². The van der Waals surface area contributed by atoms with Crippen molar-refractivity contribution < 1.29 is 14.1 Å². The van der Waals surface area contributed by atoms with E-state index in [1.807, 2.05) is 32.0 Å². The first-order valence-electron chi connectivity index (χ1n) is 6.10. The lowest BCUT2D eigenvalue weighted by Gasteiger charge is -2.10. The minimum absolute atomic E-state index is 0.166. The van der Waals surface area contributed by atoms with E-state index in [1.165, 1.54) is 6.07 Å². The Morgan fingerprint density at radius 2 is 1.95 bits per heavy atom. The number of nitro benzene ring substituents is 1. The zero-order chi connectivity index (χ0) is 14.7. The summed E-state index contributed by atoms with van der Waals surface area (Å²) in [5.74, 6) is -0.124. The summed E-state index contributed by atoms with van der Waals surface area (Å²) in [6, 6.07) is 9.60. The molecule has 2 aromatic rings. The molecule has 0 saturated carbocycles. The molecule has 0 saturated heterocycles. The van der Waals surface area contributed by atoms with E-state index in [1.54, 1.807) is 0 Å². The Morgan fingerprint density at radius 1 is 1.20 bits per heavy atom. The molecule has 0 fully saturated rings. The average Bonchev–Trinajstić information content (AvgIpc) is 2.39. The van der Waals surface area contributed by atoms with E-state index in [2.05, 4.69) is 0 Å². The van der Waals surface area contributed by atoms with Gasteiger partial charge in [-0.15, -0.1) is 0 Å². The highest BCUT2D eigenvalue weighted by molar-refractivity contribution is 5.37. The number of rotatable bonds is 4. The molecule has 2 rings (SSSR count). The number of halogens is 1. The van der Waals surface area contributed by atoms with Gasteiger partial charge in [0.2, 0.25) is 5.82 Å². The Hall–Kier alpha value is -2.43. The molecule has 0 bridgehead atoms. The minimum Gasteiger partial charge on any atom is -0.489 e. The molecule has 0 aliphatic rings. The van der Waals surface area contributed by atoms with Crippen molar-refractivity contribution in [2.45, 2.75) is 20.5 Å². The van der Waals surface area contributed by atoms with Crippen molar-refractivity contribution in [3.63, 3.8) is 0 Å². The van der Waals surface area contributed by atoms with Crippen LogP contribution in [0.2, 0.25) is 0 Å². The molecule has 5 heteroatoms. The smallest absolute Gasteiger partial charge is 0.304 e. The highest BCUT2D eigenvalue weighted by atomic mass is 19.1. The SMILES string of the molecule is Cc1ccc(C)c(OCc2ccc([N+](=O)[O-])c(F)c2)c1. The van der Waals surface area contributed by atoms with Crippen LogP contribution in [0.5, 0.6) is 5.75 Å². The third-order valence-electron chi connectivity index (χ3n) is 2.95. The molecule has 0 heterocycles. The van der Waals surface area contributed by atoms with Crippen molar-refractivity contribution in [1.82, 2.24) is 0 Å². The van der Waals surface area contributed by atoms with Gasteiger partial charge in [-0.1, -0.05) is 12.1 Å². The second kappa shape index (κ2) is 5.69. The summed E-state index contributed by atoms with van der Waals surface area (Å²) < 4.78 is 19.1. The molecule has 4 nitrogen and oxygen atoms in total. The van der Waals surface area contributed by atoms with Crippen LogP contribution in [0.3, 0.4) is 0 Å². The number of hydrogen-bond acceptors (Lipinski definition) is 3. The largest absolute Gasteiger partial charge is 0.489 e. The fourth-order valence-corrected chi connectivity index (χ4v) is 1.81. The number of nitrogens with zero attached hydrogens (tertiary/aromatic N) is 1. The van der Waals surface area contributed by atoms with Crippen LogP contribution in [0, 0.1) is 29.8 Å². The molecule has 0 N–H and O–H groups in total. The van der Waals surface area contributed by atoms with E-state index in [0.29, 0.717) is 5.56 Å². The highest BCUT2D eigenvalue weighted by Crippen LogP contribution is 2.22. The number of hydrogen-bond donors (Lipinski definition) is 0. The summed E-state index contributed by atoms with van der Waals surface area (Å²) in [6.45, 7) is 4.04. The summed E-state index contributed by atoms with van der Waals surface area (Å²) in [4.78, 5) is 9.78. The van der Waals surface area contributed by atoms with Gasteiger partial charge in [0.05, 0.1) is 4.92 Å². The van der Waals surface area contributed by atoms with Crippen LogP contribution in [0.4, 0.5) is 10.1 Å². The molecule has 0 radical (unpaired) electrons. The summed E-state index contributed by atoms with van der Waals surface area (Å²) in [7, 11) is 0. The van der Waals surface area contributed by atoms with Gasteiger partial charge in [0, 0.05) is 6.07 Å². The van der Waals surface area contributed by atoms with Crippen LogP contribution < -0.4 is 4.74 Å². The Labute approximate surface area is 116 Å². The topological polar surface area (TPSA) is 52.4 Å². The normalized spacial score (nSPS) is 10.3. The zero-order valence-electron chi connectivity index (χ0n) is 11.2. The predicted octanol–water partition coefficient (Wildman–Crippen LogP) is 3.93. The van der Waals surface area contributed by atoms with Crippen molar-refractivity contribution in [1.29, 1.82) is 0 Å². The molecule has 0 aromatic heterocycles. The van der Waals surface area contributed by atoms with Crippen LogP contribution in [-0.4, -0.2) is 4.92 Å². The Bertz CT molecular complexity index is 656. The van der Waals surface area contributed by atoms with E-state index < -0.39 is 16.4 Å². The molecule has 20 heavy (non-hydrogen) atoms. The number of nitro groups is 1. The van der Waals surface area contributed by atoms with Gasteiger partial charge in [0.15, 0.2) is 0 Å². The van der Waals surface area contributed by atoms with Gasteiger partial charge in [-0.3, -0.25) is 10.1 Å². The monoisotopic (exact) mass is 275 g/mol. The fourth-order valence-electron chi connectivity index (χ4n) is 1.81. The van der Waals surface area contributed by atoms with Gasteiger partial charge in [-0.2, -0.15) is 4.39 Å². The first kappa shape index (κ1) is 14.0. The first-order valence-corrected chi connectivity index (χ1v) is 6.10. The quantitative estimate of drug-likeness (QED) is 0.627. The van der Waals surface area contributed by atoms with E-state index >= 15 is 0 Å². The van der Waals surface area contributed by atoms with E-state index in [0.717, 1.165) is 29.0 Å². The van der Waals surface area contributed by atoms with Crippen LogP contribution in [-0.2, 0) is 6.61 Å². The molecular weight excluding hydrogens is 261 g/mol. The maximum Gasteiger partial charge on any atom is 0.304 e. The lowest BCUT2D eigenvalue weighted by molar-refractivity contribution is -0.387. The molecule has 0 atom stereocenters. The molecule has 0 amide bonds. The predicted molar refractivity (Wildman–Crippen MR) is 73.3 cm³/mol. The molecule has 104 valence electrons. The summed E-state index contributed by atoms with van der Waals surface area (Å²) >= 11 is 0. The van der Waals surface area contributed by atoms with Crippen molar-refractivity contribution in [3.05, 3.63) is 69.0 Å². The van der Waals surface area contributed by atoms with E-state index in [9.17, 15) is 14.5 Å². The van der Waals surface area contributed by atoms with Gasteiger partial charge in [-0.05, 0) is 48.7 Å². The number of ether oxygens (including phenoxy) is 1. The summed E-state index contributed by atoms with van der Waals surface area (Å²) in [5, 5.41) is 10.5. The highest BCUT2D eigenvalue weighted by Gasteiger charge is 2.13. The Balaban J connectivity index is 2.13. The standard InChI is InChI=1S/C15H14FNO3/c1-10-3-4-11(2)15(7-10)20-9-12-5-6-14(17(18)19)13(16)8-12/h3-8H,9H2,1-2H3. The lowest BCUT2D eigenvalue weighted by atomic mass is 10.1. The average molecular weight is 275 g/mol. The fraction of sp³-hybridized carbons (Fsp3) is 0.200. The summed E-state index contributed by atoms with van der Waals surface area (Å²) in [6.07, 6.45) is 0. The number of benzene rings is 2. The van der Waals surface area contributed by atoms with E-state index in [4.69, 9.17) is 4.74 Å². The van der Waals surface area contributed by atoms with Crippen molar-refractivity contribution in [2.24, 2.45) is 0 Å². The first-order chi connectivity index (χ1) is 9.47. The van der Waals surface area contributed by atoms with Crippen LogP contribution >= 0.6 is 0 Å². The number of aryl methyl sites for hydroxylation is 2. The van der Waals surface area contributed by atoms with E-state index in [-0.39, 0.29) is 6.61 Å². The van der Waals surface area contributed by atoms with Crippen molar-refractivity contribution >= 4 is 5.69 Å². The summed E-state index contributed by atoms with van der Waals surface area (Å²) in [5.41, 5.74) is 2.08. The third kappa shape index (κ3) is 3.12. The maximum absolute atomic E-state index is 13.5. The molecule has 2 aromatic carbocycles. The molecule has 0 aliphatic carbocycles. The second-order valence-corrected chi connectivity index (χ2v) is 4.60. The van der Waals surface area contributed by atoms with Crippen LogP contribution in [0.25, 0.3) is 0 Å². The molecular formula is C15H14FNO3. The Kier molecular flexibility index (Phi) is 3.98. The molecule has 0 unspecified atom stereocenters. The van der Waals surface area contributed by atoms with Gasteiger partial charge in [0.25, 0.3) is 0 Å². The molecule has 0 aliphatic heterocycles. The van der Waals surface area contributed by atoms with Gasteiger partial charge in [-0.25, -0.2) is 0 Å². The van der Waals surface area contributed by atoms with Crippen molar-refractivity contribution in [2.75, 3.05) is 0 Å². The second-order valence-electron chi connectivity index (χ2n) is 4.60. The maximum atomic E-state index is 13.5. The van der Waals surface area contributed by atoms with Gasteiger partial charge >= 0.3 is 5.69 Å². The van der Waals surface area contributed by atoms with Crippen LogP contribution in [0.15, 0.2) is 36.4 Å². The van der Waals surface area contributed by atoms with Gasteiger partial charge < -0.3 is 4.74 Å². The molecule has 0 spiro atoms. The third-order valence-corrected chi connectivity index (χ3v) is 2.95. The van der Waals surface area contributed by atoms with Crippen molar-refractivity contribution in [3.8, 4) is 5.75 Å². The zero-order valence-corrected chi connectivity index (χ0v) is 11.2. The van der Waals surface area contributed by atoms with Gasteiger partial charge in [0.1, 0.15) is 12.4 Å².